The zero-order valence-electron chi connectivity index (χ0n) is 14.6. The molecule has 0 amide bonds. The number of rotatable bonds is 1. The molecule has 3 saturated carbocycles. The minimum atomic E-state index is -0.186. The largest absolute Gasteiger partial charge is 0.373 e. The van der Waals surface area contributed by atoms with Gasteiger partial charge in [0.25, 0.3) is 0 Å². The number of allylic oxidation sites excluding steroid dienone is 2. The van der Waals surface area contributed by atoms with Gasteiger partial charge in [-0.05, 0) is 67.3 Å². The van der Waals surface area contributed by atoms with Crippen LogP contribution in [0.2, 0.25) is 0 Å². The second kappa shape index (κ2) is 5.02. The summed E-state index contributed by atoms with van der Waals surface area (Å²) in [6.07, 6.45) is 10.6. The van der Waals surface area contributed by atoms with Crippen LogP contribution < -0.4 is 0 Å². The van der Waals surface area contributed by atoms with Crippen molar-refractivity contribution in [3.05, 3.63) is 12.2 Å². The van der Waals surface area contributed by atoms with Crippen molar-refractivity contribution in [2.24, 2.45) is 34.5 Å². The van der Waals surface area contributed by atoms with Crippen molar-refractivity contribution in [1.82, 2.24) is 0 Å². The average molecular weight is 315 g/mol. The summed E-state index contributed by atoms with van der Waals surface area (Å²) in [5.74, 6) is 2.77. The van der Waals surface area contributed by atoms with Gasteiger partial charge in [0.1, 0.15) is 6.10 Å². The lowest BCUT2D eigenvalue weighted by Gasteiger charge is -2.58. The first-order valence-corrected chi connectivity index (χ1v) is 9.22. The summed E-state index contributed by atoms with van der Waals surface area (Å²) in [4.78, 5) is 12.5. The van der Waals surface area contributed by atoms with Gasteiger partial charge < -0.3 is 10.1 Å². The maximum atomic E-state index is 12.5. The zero-order valence-corrected chi connectivity index (χ0v) is 14.6. The second-order valence-electron chi connectivity index (χ2n) is 8.91. The summed E-state index contributed by atoms with van der Waals surface area (Å²) >= 11 is 0. The van der Waals surface area contributed by atoms with Gasteiger partial charge in [-0.2, -0.15) is 0 Å². The average Bonchev–Trinajstić information content (AvgIpc) is 2.77. The fraction of sp³-hybridized carbons (Fsp3) is 0.800. The number of ketones is 1. The maximum Gasteiger partial charge on any atom is 0.162 e. The number of nitrogens with one attached hydrogen (secondary N) is 1. The standard InChI is InChI=1S/C20H29NO2/c1-19-8-6-13(21)10-12(19)4-5-14-15(19)7-9-20(2)16(14)11-17(22)18(20)23-3/h6,8,12,14-16,18,21H,4-5,7,9-11H2,1-3H3/t12?,14-,15-,16+,18?,19+,20+/m1/s1. The summed E-state index contributed by atoms with van der Waals surface area (Å²) in [5.41, 5.74) is 1.06. The number of Topliss-reactive ketones (excluding diaryl/α,β-unsaturated/α-hetero) is 1. The molecule has 7 atom stereocenters. The first-order chi connectivity index (χ1) is 10.9. The number of ether oxygens (including phenoxy) is 1. The first kappa shape index (κ1) is 15.6. The van der Waals surface area contributed by atoms with E-state index in [0.29, 0.717) is 29.5 Å². The van der Waals surface area contributed by atoms with E-state index in [4.69, 9.17) is 10.1 Å². The van der Waals surface area contributed by atoms with Crippen LogP contribution in [0.15, 0.2) is 12.2 Å². The van der Waals surface area contributed by atoms with E-state index in [1.807, 2.05) is 6.08 Å². The molecule has 0 radical (unpaired) electrons. The fourth-order valence-corrected chi connectivity index (χ4v) is 6.82. The number of methoxy groups -OCH3 is 1. The highest BCUT2D eigenvalue weighted by Crippen LogP contribution is 2.64. The summed E-state index contributed by atoms with van der Waals surface area (Å²) in [5, 5.41) is 8.01. The summed E-state index contributed by atoms with van der Waals surface area (Å²) < 4.78 is 5.63. The minimum Gasteiger partial charge on any atom is -0.373 e. The Labute approximate surface area is 139 Å². The van der Waals surface area contributed by atoms with Crippen LogP contribution in [-0.4, -0.2) is 24.7 Å². The molecule has 0 heterocycles. The van der Waals surface area contributed by atoms with Crippen molar-refractivity contribution >= 4 is 11.5 Å². The van der Waals surface area contributed by atoms with Gasteiger partial charge in [0.15, 0.2) is 5.78 Å². The van der Waals surface area contributed by atoms with Gasteiger partial charge in [0.05, 0.1) is 0 Å². The highest BCUT2D eigenvalue weighted by Gasteiger charge is 2.62. The quantitative estimate of drug-likeness (QED) is 0.794. The molecule has 0 saturated heterocycles. The van der Waals surface area contributed by atoms with Gasteiger partial charge in [-0.3, -0.25) is 4.79 Å². The number of fused-ring (bicyclic) bond motifs is 5. The Bertz CT molecular complexity index is 582. The molecule has 1 N–H and O–H groups in total. The minimum absolute atomic E-state index is 0.0429. The van der Waals surface area contributed by atoms with E-state index in [1.165, 1.54) is 19.3 Å². The monoisotopic (exact) mass is 315 g/mol. The molecule has 3 heteroatoms. The normalized spacial score (nSPS) is 52.0. The third-order valence-corrected chi connectivity index (χ3v) is 8.06. The number of hydrogen-bond donors (Lipinski definition) is 1. The van der Waals surface area contributed by atoms with Crippen LogP contribution in [0, 0.1) is 39.9 Å². The lowest BCUT2D eigenvalue weighted by Crippen LogP contribution is -2.53. The van der Waals surface area contributed by atoms with Crippen molar-refractivity contribution in [3.8, 4) is 0 Å². The van der Waals surface area contributed by atoms with Gasteiger partial charge in [0, 0.05) is 24.7 Å². The summed E-state index contributed by atoms with van der Waals surface area (Å²) in [6, 6.07) is 0. The molecule has 23 heavy (non-hydrogen) atoms. The van der Waals surface area contributed by atoms with Gasteiger partial charge in [0.2, 0.25) is 0 Å². The predicted molar refractivity (Wildman–Crippen MR) is 90.5 cm³/mol. The van der Waals surface area contributed by atoms with Crippen LogP contribution in [0.5, 0.6) is 0 Å². The number of hydrogen-bond acceptors (Lipinski definition) is 3. The van der Waals surface area contributed by atoms with Crippen molar-refractivity contribution in [2.45, 2.75) is 58.5 Å². The highest BCUT2D eigenvalue weighted by atomic mass is 16.5. The summed E-state index contributed by atoms with van der Waals surface area (Å²) in [7, 11) is 1.70. The van der Waals surface area contributed by atoms with Gasteiger partial charge in [-0.25, -0.2) is 0 Å². The van der Waals surface area contributed by atoms with E-state index < -0.39 is 0 Å². The topological polar surface area (TPSA) is 50.2 Å². The Hall–Kier alpha value is -0.960. The molecular weight excluding hydrogens is 286 g/mol. The molecule has 4 aliphatic rings. The Kier molecular flexibility index (Phi) is 3.39. The van der Waals surface area contributed by atoms with Crippen molar-refractivity contribution in [1.29, 1.82) is 5.41 Å². The molecule has 0 aliphatic heterocycles. The first-order valence-electron chi connectivity index (χ1n) is 9.22. The van der Waals surface area contributed by atoms with E-state index in [0.717, 1.165) is 25.0 Å². The Morgan fingerprint density at radius 1 is 1.17 bits per heavy atom. The van der Waals surface area contributed by atoms with Gasteiger partial charge >= 0.3 is 0 Å². The summed E-state index contributed by atoms with van der Waals surface area (Å²) in [6.45, 7) is 4.72. The molecule has 0 aromatic rings. The Balaban J connectivity index is 1.69. The van der Waals surface area contributed by atoms with E-state index in [1.54, 1.807) is 7.11 Å². The van der Waals surface area contributed by atoms with Gasteiger partial charge in [-0.1, -0.05) is 19.9 Å². The van der Waals surface area contributed by atoms with E-state index in [2.05, 4.69) is 19.9 Å². The molecule has 0 spiro atoms. The molecule has 0 aromatic heterocycles. The second-order valence-corrected chi connectivity index (χ2v) is 8.91. The molecule has 4 rings (SSSR count). The van der Waals surface area contributed by atoms with Crippen molar-refractivity contribution in [3.63, 3.8) is 0 Å². The molecule has 2 unspecified atom stereocenters. The molecule has 126 valence electrons. The van der Waals surface area contributed by atoms with Crippen LogP contribution in [0.3, 0.4) is 0 Å². The Morgan fingerprint density at radius 3 is 2.70 bits per heavy atom. The number of carbonyl (C=O) groups is 1. The van der Waals surface area contributed by atoms with Crippen LogP contribution in [0.1, 0.15) is 52.4 Å². The smallest absolute Gasteiger partial charge is 0.162 e. The third-order valence-electron chi connectivity index (χ3n) is 8.06. The van der Waals surface area contributed by atoms with Crippen LogP contribution >= 0.6 is 0 Å². The van der Waals surface area contributed by atoms with Crippen LogP contribution in [0.4, 0.5) is 0 Å². The number of carbonyl (C=O) groups excluding carboxylic acids is 1. The fourth-order valence-electron chi connectivity index (χ4n) is 6.82. The molecule has 3 fully saturated rings. The van der Waals surface area contributed by atoms with E-state index >= 15 is 0 Å². The van der Waals surface area contributed by atoms with Crippen LogP contribution in [0.25, 0.3) is 0 Å². The Morgan fingerprint density at radius 2 is 1.96 bits per heavy atom. The zero-order chi connectivity index (χ0) is 16.4. The molecule has 0 aromatic carbocycles. The van der Waals surface area contributed by atoms with Crippen molar-refractivity contribution < 1.29 is 9.53 Å². The maximum absolute atomic E-state index is 12.5. The van der Waals surface area contributed by atoms with Gasteiger partial charge in [-0.15, -0.1) is 0 Å². The molecule has 4 aliphatic carbocycles. The van der Waals surface area contributed by atoms with E-state index in [-0.39, 0.29) is 16.9 Å². The molecule has 0 bridgehead atoms. The SMILES string of the molecule is COC1C(=O)C[C@H]2[C@@H]3CCC4CC(=N)C=C[C@]4(C)[C@@H]3CC[C@]12C. The lowest BCUT2D eigenvalue weighted by molar-refractivity contribution is -0.133. The van der Waals surface area contributed by atoms with Crippen molar-refractivity contribution in [2.75, 3.05) is 7.11 Å². The molecular formula is C20H29NO2. The highest BCUT2D eigenvalue weighted by molar-refractivity contribution is 5.93. The van der Waals surface area contributed by atoms with Crippen LogP contribution in [-0.2, 0) is 9.53 Å². The third kappa shape index (κ3) is 1.98. The molecule has 3 nitrogen and oxygen atoms in total. The predicted octanol–water partition coefficient (Wildman–Crippen LogP) is 4.02. The lowest BCUT2D eigenvalue weighted by atomic mass is 9.46. The van der Waals surface area contributed by atoms with E-state index in [9.17, 15) is 4.79 Å².